The quantitative estimate of drug-likeness (QED) is 0.614. The third kappa shape index (κ3) is 1.11. The average molecular weight is 127 g/mol. The van der Waals surface area contributed by atoms with E-state index in [4.69, 9.17) is 5.73 Å². The smallest absolute Gasteiger partial charge is 0.00180 e. The zero-order valence-corrected chi connectivity index (χ0v) is 6.48. The molecule has 0 saturated heterocycles. The van der Waals surface area contributed by atoms with Crippen LogP contribution in [-0.2, 0) is 0 Å². The predicted octanol–water partition coefficient (Wildman–Crippen LogP) is 1.77. The molecule has 0 aromatic heterocycles. The second kappa shape index (κ2) is 2.30. The van der Waals surface area contributed by atoms with E-state index in [1.807, 2.05) is 0 Å². The van der Waals surface area contributed by atoms with Crippen molar-refractivity contribution in [3.63, 3.8) is 0 Å². The molecule has 0 bridgehead atoms. The summed E-state index contributed by atoms with van der Waals surface area (Å²) >= 11 is 0. The van der Waals surface area contributed by atoms with Crippen LogP contribution in [0.25, 0.3) is 0 Å². The van der Waals surface area contributed by atoms with Crippen molar-refractivity contribution in [1.82, 2.24) is 0 Å². The standard InChI is InChI=1S/C8H17N/c1-3-7(2)8(6-9)4-5-8/h7H,3-6,9H2,1-2H3. The third-order valence-electron chi connectivity index (χ3n) is 2.96. The van der Waals surface area contributed by atoms with E-state index in [2.05, 4.69) is 13.8 Å². The molecule has 1 saturated carbocycles. The normalized spacial score (nSPS) is 25.7. The van der Waals surface area contributed by atoms with Crippen molar-refractivity contribution in [2.75, 3.05) is 6.54 Å². The van der Waals surface area contributed by atoms with Crippen molar-refractivity contribution in [2.24, 2.45) is 17.1 Å². The maximum atomic E-state index is 5.65. The molecule has 0 spiro atoms. The zero-order chi connectivity index (χ0) is 6.91. The minimum atomic E-state index is 0.578. The molecule has 1 atom stereocenters. The molecule has 1 heteroatoms. The highest BCUT2D eigenvalue weighted by molar-refractivity contribution is 4.96. The lowest BCUT2D eigenvalue weighted by Gasteiger charge is -2.19. The van der Waals surface area contributed by atoms with Gasteiger partial charge in [0.05, 0.1) is 0 Å². The van der Waals surface area contributed by atoms with Gasteiger partial charge in [0, 0.05) is 0 Å². The highest BCUT2D eigenvalue weighted by Gasteiger charge is 2.44. The summed E-state index contributed by atoms with van der Waals surface area (Å²) in [5, 5.41) is 0. The van der Waals surface area contributed by atoms with Gasteiger partial charge in [0.15, 0.2) is 0 Å². The van der Waals surface area contributed by atoms with Crippen molar-refractivity contribution in [2.45, 2.75) is 33.1 Å². The van der Waals surface area contributed by atoms with Crippen LogP contribution in [0.3, 0.4) is 0 Å². The van der Waals surface area contributed by atoms with Gasteiger partial charge in [0.2, 0.25) is 0 Å². The summed E-state index contributed by atoms with van der Waals surface area (Å²) in [7, 11) is 0. The molecule has 0 amide bonds. The fraction of sp³-hybridized carbons (Fsp3) is 1.00. The lowest BCUT2D eigenvalue weighted by Crippen LogP contribution is -2.22. The Hall–Kier alpha value is -0.0400. The van der Waals surface area contributed by atoms with Gasteiger partial charge in [-0.2, -0.15) is 0 Å². The van der Waals surface area contributed by atoms with E-state index < -0.39 is 0 Å². The molecule has 1 nitrogen and oxygen atoms in total. The van der Waals surface area contributed by atoms with Crippen LogP contribution in [0.15, 0.2) is 0 Å². The fourth-order valence-electron chi connectivity index (χ4n) is 1.49. The SMILES string of the molecule is CCC(C)C1(CN)CC1. The summed E-state index contributed by atoms with van der Waals surface area (Å²) in [5.74, 6) is 0.850. The molecule has 1 unspecified atom stereocenters. The Morgan fingerprint density at radius 2 is 2.11 bits per heavy atom. The number of nitrogens with two attached hydrogens (primary N) is 1. The average Bonchev–Trinajstić information content (AvgIpc) is 2.66. The lowest BCUT2D eigenvalue weighted by molar-refractivity contribution is 0.332. The molecule has 0 aromatic carbocycles. The Balaban J connectivity index is 2.39. The fourth-order valence-corrected chi connectivity index (χ4v) is 1.49. The zero-order valence-electron chi connectivity index (χ0n) is 6.48. The molecular formula is C8H17N. The first kappa shape index (κ1) is 7.07. The summed E-state index contributed by atoms with van der Waals surface area (Å²) in [5.41, 5.74) is 6.22. The minimum absolute atomic E-state index is 0.578. The lowest BCUT2D eigenvalue weighted by atomic mass is 9.89. The molecule has 0 radical (unpaired) electrons. The molecule has 1 aliphatic carbocycles. The predicted molar refractivity (Wildman–Crippen MR) is 40.2 cm³/mol. The molecule has 9 heavy (non-hydrogen) atoms. The first-order valence-corrected chi connectivity index (χ1v) is 3.95. The Morgan fingerprint density at radius 1 is 1.56 bits per heavy atom. The van der Waals surface area contributed by atoms with Crippen molar-refractivity contribution in [1.29, 1.82) is 0 Å². The van der Waals surface area contributed by atoms with Crippen LogP contribution in [0.4, 0.5) is 0 Å². The van der Waals surface area contributed by atoms with Gasteiger partial charge in [-0.1, -0.05) is 20.3 Å². The number of hydrogen-bond donors (Lipinski definition) is 1. The van der Waals surface area contributed by atoms with Crippen molar-refractivity contribution in [3.8, 4) is 0 Å². The van der Waals surface area contributed by atoms with Crippen molar-refractivity contribution in [3.05, 3.63) is 0 Å². The second-order valence-electron chi connectivity index (χ2n) is 3.38. The summed E-state index contributed by atoms with van der Waals surface area (Å²) in [6.07, 6.45) is 4.04. The minimum Gasteiger partial charge on any atom is -0.330 e. The second-order valence-corrected chi connectivity index (χ2v) is 3.38. The van der Waals surface area contributed by atoms with Crippen LogP contribution in [-0.4, -0.2) is 6.54 Å². The molecular weight excluding hydrogens is 110 g/mol. The maximum Gasteiger partial charge on any atom is -0.00180 e. The van der Waals surface area contributed by atoms with Gasteiger partial charge in [-0.05, 0) is 30.7 Å². The van der Waals surface area contributed by atoms with Crippen LogP contribution in [0.5, 0.6) is 0 Å². The van der Waals surface area contributed by atoms with E-state index in [1.165, 1.54) is 19.3 Å². The van der Waals surface area contributed by atoms with Crippen LogP contribution in [0, 0.1) is 11.3 Å². The molecule has 0 aromatic rings. The molecule has 54 valence electrons. The molecule has 0 aliphatic heterocycles. The van der Waals surface area contributed by atoms with Gasteiger partial charge in [0.25, 0.3) is 0 Å². The first-order chi connectivity index (χ1) is 4.25. The summed E-state index contributed by atoms with van der Waals surface area (Å²) < 4.78 is 0. The molecule has 1 fully saturated rings. The largest absolute Gasteiger partial charge is 0.330 e. The van der Waals surface area contributed by atoms with E-state index in [-0.39, 0.29) is 0 Å². The Morgan fingerprint density at radius 3 is 2.22 bits per heavy atom. The van der Waals surface area contributed by atoms with Gasteiger partial charge in [0.1, 0.15) is 0 Å². The van der Waals surface area contributed by atoms with Crippen LogP contribution in [0.2, 0.25) is 0 Å². The molecule has 1 aliphatic rings. The van der Waals surface area contributed by atoms with E-state index in [1.54, 1.807) is 0 Å². The summed E-state index contributed by atoms with van der Waals surface area (Å²) in [6.45, 7) is 5.47. The van der Waals surface area contributed by atoms with E-state index in [0.717, 1.165) is 12.5 Å². The first-order valence-electron chi connectivity index (χ1n) is 3.95. The molecule has 1 rings (SSSR count). The Labute approximate surface area is 57.6 Å². The third-order valence-corrected chi connectivity index (χ3v) is 2.96. The number of rotatable bonds is 3. The van der Waals surface area contributed by atoms with E-state index >= 15 is 0 Å². The highest BCUT2D eigenvalue weighted by atomic mass is 14.7. The van der Waals surface area contributed by atoms with E-state index in [9.17, 15) is 0 Å². The maximum absolute atomic E-state index is 5.65. The number of hydrogen-bond acceptors (Lipinski definition) is 1. The van der Waals surface area contributed by atoms with E-state index in [0.29, 0.717) is 5.41 Å². The Bertz CT molecular complexity index is 94.7. The van der Waals surface area contributed by atoms with Crippen LogP contribution < -0.4 is 5.73 Å². The molecule has 0 heterocycles. The monoisotopic (exact) mass is 127 g/mol. The van der Waals surface area contributed by atoms with Gasteiger partial charge in [-0.25, -0.2) is 0 Å². The van der Waals surface area contributed by atoms with Gasteiger partial charge in [-0.15, -0.1) is 0 Å². The van der Waals surface area contributed by atoms with Gasteiger partial charge in [-0.3, -0.25) is 0 Å². The topological polar surface area (TPSA) is 26.0 Å². The van der Waals surface area contributed by atoms with Crippen molar-refractivity contribution < 1.29 is 0 Å². The molecule has 2 N–H and O–H groups in total. The highest BCUT2D eigenvalue weighted by Crippen LogP contribution is 2.51. The summed E-state index contributed by atoms with van der Waals surface area (Å²) in [6, 6.07) is 0. The van der Waals surface area contributed by atoms with Crippen LogP contribution >= 0.6 is 0 Å². The van der Waals surface area contributed by atoms with Gasteiger partial charge < -0.3 is 5.73 Å². The summed E-state index contributed by atoms with van der Waals surface area (Å²) in [4.78, 5) is 0. The van der Waals surface area contributed by atoms with Gasteiger partial charge >= 0.3 is 0 Å². The van der Waals surface area contributed by atoms with Crippen molar-refractivity contribution >= 4 is 0 Å². The van der Waals surface area contributed by atoms with Crippen LogP contribution in [0.1, 0.15) is 33.1 Å². The Kier molecular flexibility index (Phi) is 1.80.